The molecular formula is C22H24N2O4. The Morgan fingerprint density at radius 1 is 1.18 bits per heavy atom. The van der Waals surface area contributed by atoms with Gasteiger partial charge in [-0.25, -0.2) is 9.59 Å². The van der Waals surface area contributed by atoms with Crippen molar-refractivity contribution >= 4 is 23.0 Å². The van der Waals surface area contributed by atoms with Gasteiger partial charge >= 0.3 is 12.1 Å². The molecule has 1 heterocycles. The third kappa shape index (κ3) is 4.17. The zero-order valence-electron chi connectivity index (χ0n) is 16.2. The van der Waals surface area contributed by atoms with Gasteiger partial charge in [-0.05, 0) is 30.2 Å². The largest absolute Gasteiger partial charge is 0.480 e. The van der Waals surface area contributed by atoms with Gasteiger partial charge in [0.15, 0.2) is 0 Å². The maximum atomic E-state index is 12.2. The third-order valence-electron chi connectivity index (χ3n) is 4.92. The number of benzene rings is 2. The van der Waals surface area contributed by atoms with Gasteiger partial charge in [0, 0.05) is 30.1 Å². The minimum atomic E-state index is -1.10. The second-order valence-corrected chi connectivity index (χ2v) is 7.03. The Kier molecular flexibility index (Phi) is 5.68. The smallest absolute Gasteiger partial charge is 0.408 e. The number of amides is 1. The average Bonchev–Trinajstić information content (AvgIpc) is 3.00. The first-order valence-electron chi connectivity index (χ1n) is 9.12. The fourth-order valence-electron chi connectivity index (χ4n) is 3.37. The summed E-state index contributed by atoms with van der Waals surface area (Å²) in [4.78, 5) is 24.0. The summed E-state index contributed by atoms with van der Waals surface area (Å²) < 4.78 is 7.15. The molecule has 1 aromatic heterocycles. The van der Waals surface area contributed by atoms with Crippen LogP contribution in [0.2, 0.25) is 0 Å². The number of rotatable bonds is 6. The van der Waals surface area contributed by atoms with Crippen molar-refractivity contribution < 1.29 is 19.4 Å². The number of alkyl carbamates (subject to hydrolysis) is 1. The summed E-state index contributed by atoms with van der Waals surface area (Å²) in [6, 6.07) is 14.2. The maximum absolute atomic E-state index is 12.2. The predicted octanol–water partition coefficient (Wildman–Crippen LogP) is 3.97. The molecule has 0 fully saturated rings. The Balaban J connectivity index is 1.77. The zero-order chi connectivity index (χ0) is 20.3. The van der Waals surface area contributed by atoms with Crippen molar-refractivity contribution in [1.82, 2.24) is 9.88 Å². The number of hydrogen-bond acceptors (Lipinski definition) is 3. The molecule has 0 radical (unpaired) electrons. The Hall–Kier alpha value is -3.28. The van der Waals surface area contributed by atoms with E-state index in [2.05, 4.69) is 5.32 Å². The first-order valence-corrected chi connectivity index (χ1v) is 9.12. The molecule has 0 saturated carbocycles. The molecule has 3 rings (SSSR count). The molecule has 2 atom stereocenters. The number of carbonyl (C=O) groups excluding carboxylic acids is 1. The Morgan fingerprint density at radius 3 is 2.57 bits per heavy atom. The molecule has 6 nitrogen and oxygen atoms in total. The van der Waals surface area contributed by atoms with Gasteiger partial charge in [-0.1, -0.05) is 48.9 Å². The van der Waals surface area contributed by atoms with E-state index >= 15 is 0 Å². The van der Waals surface area contributed by atoms with Crippen LogP contribution in [0.1, 0.15) is 29.5 Å². The van der Waals surface area contributed by atoms with Gasteiger partial charge in [0.2, 0.25) is 0 Å². The first kappa shape index (κ1) is 19.5. The molecule has 0 spiro atoms. The van der Waals surface area contributed by atoms with Crippen LogP contribution in [-0.4, -0.2) is 27.8 Å². The molecule has 3 aromatic rings. The Labute approximate surface area is 163 Å². The van der Waals surface area contributed by atoms with Crippen LogP contribution in [0.4, 0.5) is 4.79 Å². The van der Waals surface area contributed by atoms with E-state index in [-0.39, 0.29) is 6.61 Å². The second-order valence-electron chi connectivity index (χ2n) is 7.03. The van der Waals surface area contributed by atoms with E-state index in [0.29, 0.717) is 0 Å². The summed E-state index contributed by atoms with van der Waals surface area (Å²) in [5, 5.41) is 13.2. The van der Waals surface area contributed by atoms with E-state index in [1.54, 1.807) is 6.92 Å². The van der Waals surface area contributed by atoms with Crippen molar-refractivity contribution in [2.24, 2.45) is 7.05 Å². The van der Waals surface area contributed by atoms with Crippen molar-refractivity contribution in [2.75, 3.05) is 0 Å². The lowest BCUT2D eigenvalue weighted by Gasteiger charge is -2.21. The highest BCUT2D eigenvalue weighted by molar-refractivity contribution is 5.87. The highest BCUT2D eigenvalue weighted by Gasteiger charge is 2.30. The van der Waals surface area contributed by atoms with Crippen molar-refractivity contribution in [2.45, 2.75) is 32.4 Å². The maximum Gasteiger partial charge on any atom is 0.408 e. The van der Waals surface area contributed by atoms with Crippen molar-refractivity contribution in [3.63, 3.8) is 0 Å². The van der Waals surface area contributed by atoms with Gasteiger partial charge in [-0.2, -0.15) is 0 Å². The molecule has 0 aliphatic rings. The van der Waals surface area contributed by atoms with Gasteiger partial charge < -0.3 is 19.7 Å². The second kappa shape index (κ2) is 8.17. The van der Waals surface area contributed by atoms with Crippen molar-refractivity contribution in [3.8, 4) is 0 Å². The number of carboxylic acids is 1. The zero-order valence-corrected chi connectivity index (χ0v) is 16.2. The van der Waals surface area contributed by atoms with Crippen LogP contribution in [-0.2, 0) is 23.2 Å². The van der Waals surface area contributed by atoms with Gasteiger partial charge in [0.05, 0.1) is 0 Å². The predicted molar refractivity (Wildman–Crippen MR) is 107 cm³/mol. The normalized spacial score (nSPS) is 13.1. The summed E-state index contributed by atoms with van der Waals surface area (Å²) in [5.74, 6) is -1.54. The molecule has 2 N–H and O–H groups in total. The standard InChI is InChI=1S/C22H24N2O4/c1-14-9-10-19-17(11-14)18(12-24(19)3)15(2)20(21(25)26)23-22(27)28-13-16-7-5-4-6-8-16/h4-12,15,20H,13H2,1-3H3,(H,23,27)(H,25,26). The van der Waals surface area contributed by atoms with Gasteiger partial charge in [0.1, 0.15) is 12.6 Å². The fourth-order valence-corrected chi connectivity index (χ4v) is 3.37. The van der Waals surface area contributed by atoms with E-state index in [1.807, 2.05) is 73.3 Å². The number of carbonyl (C=O) groups is 2. The van der Waals surface area contributed by atoms with Gasteiger partial charge in [-0.15, -0.1) is 0 Å². The minimum absolute atomic E-state index is 0.0842. The fraction of sp³-hybridized carbons (Fsp3) is 0.273. The number of aryl methyl sites for hydroxylation is 2. The molecular weight excluding hydrogens is 356 g/mol. The van der Waals surface area contributed by atoms with E-state index in [1.165, 1.54) is 0 Å². The molecule has 0 bridgehead atoms. The van der Waals surface area contributed by atoms with Crippen LogP contribution in [0.25, 0.3) is 10.9 Å². The topological polar surface area (TPSA) is 80.6 Å². The number of aliphatic carboxylic acids is 1. The molecule has 28 heavy (non-hydrogen) atoms. The highest BCUT2D eigenvalue weighted by Crippen LogP contribution is 2.30. The average molecular weight is 380 g/mol. The molecule has 1 amide bonds. The van der Waals surface area contributed by atoms with E-state index < -0.39 is 24.0 Å². The highest BCUT2D eigenvalue weighted by atomic mass is 16.5. The number of ether oxygens (including phenoxy) is 1. The van der Waals surface area contributed by atoms with Crippen LogP contribution < -0.4 is 5.32 Å². The summed E-state index contributed by atoms with van der Waals surface area (Å²) in [7, 11) is 1.92. The molecule has 0 aliphatic carbocycles. The van der Waals surface area contributed by atoms with E-state index in [9.17, 15) is 14.7 Å². The number of fused-ring (bicyclic) bond motifs is 1. The monoisotopic (exact) mass is 380 g/mol. The Morgan fingerprint density at radius 2 is 1.89 bits per heavy atom. The van der Waals surface area contributed by atoms with Crippen LogP contribution in [0.15, 0.2) is 54.7 Å². The lowest BCUT2D eigenvalue weighted by atomic mass is 9.92. The number of nitrogens with one attached hydrogen (secondary N) is 1. The first-order chi connectivity index (χ1) is 13.4. The van der Waals surface area contributed by atoms with Gasteiger partial charge in [-0.3, -0.25) is 0 Å². The summed E-state index contributed by atoms with van der Waals surface area (Å²) in [6.07, 6.45) is 1.17. The Bertz CT molecular complexity index is 994. The van der Waals surface area contributed by atoms with E-state index in [0.717, 1.165) is 27.6 Å². The van der Waals surface area contributed by atoms with Crippen LogP contribution in [0, 0.1) is 6.92 Å². The number of carboxylic acid groups (broad SMARTS) is 1. The van der Waals surface area contributed by atoms with Crippen molar-refractivity contribution in [1.29, 1.82) is 0 Å². The quantitative estimate of drug-likeness (QED) is 0.678. The van der Waals surface area contributed by atoms with Crippen LogP contribution in [0.3, 0.4) is 0 Å². The van der Waals surface area contributed by atoms with Crippen LogP contribution >= 0.6 is 0 Å². The third-order valence-corrected chi connectivity index (χ3v) is 4.92. The number of hydrogen-bond donors (Lipinski definition) is 2. The molecule has 146 valence electrons. The molecule has 0 aliphatic heterocycles. The molecule has 2 aromatic carbocycles. The SMILES string of the molecule is Cc1ccc2c(c1)c(C(C)C(NC(=O)OCc1ccccc1)C(=O)O)cn2C. The lowest BCUT2D eigenvalue weighted by molar-refractivity contribution is -0.139. The minimum Gasteiger partial charge on any atom is -0.480 e. The summed E-state index contributed by atoms with van der Waals surface area (Å²) in [5.41, 5.74) is 3.82. The summed E-state index contributed by atoms with van der Waals surface area (Å²) in [6.45, 7) is 3.88. The molecule has 2 unspecified atom stereocenters. The number of nitrogens with zero attached hydrogens (tertiary/aromatic N) is 1. The van der Waals surface area contributed by atoms with E-state index in [4.69, 9.17) is 4.74 Å². The lowest BCUT2D eigenvalue weighted by Crippen LogP contribution is -2.44. The number of aromatic nitrogens is 1. The van der Waals surface area contributed by atoms with Gasteiger partial charge in [0.25, 0.3) is 0 Å². The molecule has 6 heteroatoms. The van der Waals surface area contributed by atoms with Crippen molar-refractivity contribution in [3.05, 3.63) is 71.4 Å². The molecule has 0 saturated heterocycles. The van der Waals surface area contributed by atoms with Crippen LogP contribution in [0.5, 0.6) is 0 Å². The summed E-state index contributed by atoms with van der Waals surface area (Å²) >= 11 is 0.